The molecule has 6 aromatic heterocycles. The molecule has 0 bridgehead atoms. The number of aromatic nitrogens is 3. The number of carbonyl (C=O) groups excluding carboxylic acids is 2. The average Bonchev–Trinajstić information content (AvgIpc) is 1.62. The second kappa shape index (κ2) is 40.4. The monoisotopic (exact) mass is 2000 g/mol. The third-order valence-electron chi connectivity index (χ3n) is 22.3. The van der Waals surface area contributed by atoms with Crippen molar-refractivity contribution in [3.63, 3.8) is 0 Å². The van der Waals surface area contributed by atoms with Crippen LogP contribution < -0.4 is 62.0 Å². The van der Waals surface area contributed by atoms with Crippen molar-refractivity contribution >= 4 is 261 Å². The van der Waals surface area contributed by atoms with Gasteiger partial charge in [-0.05, 0) is 288 Å². The second-order valence-corrected chi connectivity index (χ2v) is 40.3. The maximum absolute atomic E-state index is 11.8. The van der Waals surface area contributed by atoms with E-state index < -0.39 is 50.2 Å². The van der Waals surface area contributed by atoms with Crippen LogP contribution in [0, 0.1) is 0 Å². The van der Waals surface area contributed by atoms with Crippen LogP contribution in [0.3, 0.4) is 0 Å². The molecule has 0 unspecified atom stereocenters. The molecule has 0 spiro atoms. The predicted molar refractivity (Wildman–Crippen MR) is 508 cm³/mol. The van der Waals surface area contributed by atoms with Crippen LogP contribution in [0.2, 0.25) is 35.2 Å². The van der Waals surface area contributed by atoms with Crippen LogP contribution in [-0.2, 0) is 90.7 Å². The molecule has 636 valence electrons. The van der Waals surface area contributed by atoms with Crippen LogP contribution in [-0.4, -0.2) is 110 Å². The van der Waals surface area contributed by atoms with E-state index in [9.17, 15) is 24.6 Å². The fourth-order valence-electron chi connectivity index (χ4n) is 14.1. The number of esters is 1. The number of hydrogen-bond acceptors (Lipinski definition) is 15. The number of ether oxygens (including phenoxy) is 1. The summed E-state index contributed by atoms with van der Waals surface area (Å²) in [6, 6.07) is 46.6. The summed E-state index contributed by atoms with van der Waals surface area (Å²) in [6.07, 6.45) is 6.11. The maximum atomic E-state index is 11.8. The zero-order chi connectivity index (χ0) is 88.6. The minimum absolute atomic E-state index is 0. The Morgan fingerprint density at radius 3 is 1.10 bits per heavy atom. The van der Waals surface area contributed by atoms with Crippen molar-refractivity contribution in [1.29, 1.82) is 0 Å². The van der Waals surface area contributed by atoms with Crippen molar-refractivity contribution in [1.82, 2.24) is 13.7 Å². The van der Waals surface area contributed by atoms with Gasteiger partial charge in [0.05, 0.1) is 60.0 Å². The molecule has 3 aliphatic heterocycles. The van der Waals surface area contributed by atoms with Gasteiger partial charge in [0.1, 0.15) is 0 Å². The zero-order valence-corrected chi connectivity index (χ0v) is 84.1. The first-order chi connectivity index (χ1) is 57.2. The van der Waals surface area contributed by atoms with Crippen LogP contribution in [0.25, 0.3) is 74.1 Å². The summed E-state index contributed by atoms with van der Waals surface area (Å²) in [5, 5.41) is 45.1. The Hall–Kier alpha value is -5.28. The SMILES string of the molecule is CC(=O)[O-].CC1(C)OB(B2OC(C)(C)C(C)(C)O2)OC1(C)C.CC1(C)OB(c2ccc3c(CC(=O)O)cn(Cc4csc5ccc(Cl)cc45)c3c2)OC1(C)C.COC(=O)Cc1cn(Cc2csc3ccc(Cl)cc23)c2cc(Br)ccc12.Clc1cc(Cl)cc(Br)c1.O=C(O)Cc1cn(Cc2csc3ccc(Cl)cc23)c2cc(-c3cc(Cl)cc(Cl)c3)ccc12.[K+]. The predicted octanol–water partition coefficient (Wildman–Crippen LogP) is 21.4. The molecule has 14 aromatic rings. The Balaban J connectivity index is 0.000000154. The van der Waals surface area contributed by atoms with Crippen molar-refractivity contribution in [2.45, 2.75) is 163 Å². The normalized spacial score (nSPS) is 15.6. The number of halogens is 9. The summed E-state index contributed by atoms with van der Waals surface area (Å²) in [5.74, 6) is -3.03. The van der Waals surface area contributed by atoms with Gasteiger partial charge in [-0.25, -0.2) is 0 Å². The largest absolute Gasteiger partial charge is 1.00 e. The summed E-state index contributed by atoms with van der Waals surface area (Å²) < 4.78 is 53.1. The molecular formula is C90H86B3Br2Cl7KN3O14S3. The van der Waals surface area contributed by atoms with E-state index in [2.05, 4.69) is 86.0 Å². The van der Waals surface area contributed by atoms with Gasteiger partial charge in [-0.1, -0.05) is 143 Å². The number of methoxy groups -OCH3 is 1. The first-order valence-electron chi connectivity index (χ1n) is 38.6. The Morgan fingerprint density at radius 2 is 0.732 bits per heavy atom. The molecule has 8 aromatic carbocycles. The second-order valence-electron chi connectivity index (χ2n) is 32.7. The van der Waals surface area contributed by atoms with Gasteiger partial charge in [0, 0.05) is 135 Å². The Bertz CT molecular complexity index is 6150. The molecular weight excluding hydrogens is 1920 g/mol. The zero-order valence-electron chi connectivity index (χ0n) is 70.1. The molecule has 17 nitrogen and oxygen atoms in total. The van der Waals surface area contributed by atoms with E-state index >= 15 is 0 Å². The van der Waals surface area contributed by atoms with Gasteiger partial charge < -0.3 is 66.5 Å². The molecule has 3 fully saturated rings. The molecule has 123 heavy (non-hydrogen) atoms. The fourth-order valence-corrected chi connectivity index (χ4v) is 19.6. The molecule has 0 atom stereocenters. The number of carboxylic acid groups (broad SMARTS) is 3. The molecule has 3 saturated heterocycles. The topological polar surface area (TPSA) is 211 Å². The Labute approximate surface area is 821 Å². The first kappa shape index (κ1) is 98.3. The summed E-state index contributed by atoms with van der Waals surface area (Å²) in [7, 11) is -0.0159. The molecule has 9 heterocycles. The van der Waals surface area contributed by atoms with Crippen molar-refractivity contribution < 1.29 is 119 Å². The molecule has 0 radical (unpaired) electrons. The van der Waals surface area contributed by atoms with Crippen LogP contribution in [0.1, 0.15) is 123 Å². The molecule has 0 saturated carbocycles. The van der Waals surface area contributed by atoms with E-state index in [1.165, 1.54) is 32.2 Å². The quantitative estimate of drug-likeness (QED) is 0.0722. The summed E-state index contributed by atoms with van der Waals surface area (Å²) in [4.78, 5) is 43.6. The van der Waals surface area contributed by atoms with Crippen molar-refractivity contribution in [3.05, 3.63) is 258 Å². The summed E-state index contributed by atoms with van der Waals surface area (Å²) in [6.45, 7) is 27.3. The van der Waals surface area contributed by atoms with E-state index in [0.29, 0.717) is 49.8 Å². The van der Waals surface area contributed by atoms with Gasteiger partial charge in [-0.3, -0.25) is 14.4 Å². The van der Waals surface area contributed by atoms with Crippen LogP contribution >= 0.6 is 147 Å². The molecule has 3 aliphatic rings. The number of aliphatic carboxylic acids is 3. The van der Waals surface area contributed by atoms with Gasteiger partial charge in [0.25, 0.3) is 0 Å². The minimum atomic E-state index is -1.08. The maximum Gasteiger partial charge on any atom is 1.00 e. The van der Waals surface area contributed by atoms with E-state index in [0.717, 1.165) is 109 Å². The number of carboxylic acids is 3. The number of thiophene rings is 3. The van der Waals surface area contributed by atoms with Crippen molar-refractivity contribution in [2.75, 3.05) is 7.11 Å². The van der Waals surface area contributed by atoms with Gasteiger partial charge in [-0.15, -0.1) is 34.0 Å². The van der Waals surface area contributed by atoms with E-state index in [1.807, 2.05) is 199 Å². The van der Waals surface area contributed by atoms with Gasteiger partial charge in [0.15, 0.2) is 0 Å². The molecule has 33 heteroatoms. The summed E-state index contributed by atoms with van der Waals surface area (Å²) in [5.41, 5.74) is 9.52. The van der Waals surface area contributed by atoms with E-state index in [1.54, 1.807) is 58.3 Å². The Morgan fingerprint density at radius 1 is 0.398 bits per heavy atom. The number of benzene rings is 8. The fraction of sp³-hybridized carbons (Fsp3) is 0.289. The number of rotatable bonds is 15. The van der Waals surface area contributed by atoms with Crippen LogP contribution in [0.4, 0.5) is 0 Å². The van der Waals surface area contributed by atoms with Crippen LogP contribution in [0.5, 0.6) is 0 Å². The van der Waals surface area contributed by atoms with Crippen molar-refractivity contribution in [2.24, 2.45) is 0 Å². The van der Waals surface area contributed by atoms with E-state index in [4.69, 9.17) is 124 Å². The number of hydrogen-bond donors (Lipinski definition) is 2. The Kier molecular flexibility index (Phi) is 32.3. The molecule has 2 N–H and O–H groups in total. The van der Waals surface area contributed by atoms with Gasteiger partial charge >= 0.3 is 90.4 Å². The third kappa shape index (κ3) is 23.7. The summed E-state index contributed by atoms with van der Waals surface area (Å²) >= 11 is 54.2. The number of nitrogens with zero attached hydrogens (tertiary/aromatic N) is 3. The van der Waals surface area contributed by atoms with Crippen LogP contribution in [0.15, 0.2) is 189 Å². The number of fused-ring (bicyclic) bond motifs is 6. The molecule has 0 aliphatic carbocycles. The first-order valence-corrected chi connectivity index (χ1v) is 45.4. The minimum Gasteiger partial charge on any atom is -0.550 e. The standard InChI is InChI=1S/C25H25BClNO4S.C25H16Cl3NO2S.C20H15BrClNO2S.C12H24B2O4.C6H3BrCl2.C2H4O2.K/c1-24(2)25(3,4)32-26(31-24)17-5-7-19-15(9-23(29)30)12-28(21(19)10-17)13-16-14-33-22-8-6-18(27)11-20(16)22;26-18-2-4-24-22(10-18)17(13-32-24)12-29-11-16(8-25(30)31)21-3-1-14(7-23(21)29)15-5-19(27)9-20(28)6-15;1-25-20(24)6-12-9-23(18-7-14(21)2-4-16(12)18)10-13-11-26-19-5-3-15(22)8-17(13)19;1-9(2)10(3,4)16-13(15-9)14-17-11(5,6)12(7,8)18-14;7-4-1-5(8)3-6(9)2-4;1-2(3)4;/h5-8,10-12,14H,9,13H2,1-4H3,(H,29,30);1-7,9-11,13H,8,12H2,(H,30,31);2-5,7-9,11H,6,10H2,1H3;1-8H3;1-3H;1H3,(H,3,4);/q;;;;;;+1/p-1. The average molecular weight is 2010 g/mol. The smallest absolute Gasteiger partial charge is 0.550 e. The van der Waals surface area contributed by atoms with Crippen molar-refractivity contribution in [3.8, 4) is 11.1 Å². The molecule has 17 rings (SSSR count). The molecule has 0 amide bonds. The van der Waals surface area contributed by atoms with E-state index in [-0.39, 0.29) is 99.0 Å². The van der Waals surface area contributed by atoms with Gasteiger partial charge in [-0.2, -0.15) is 0 Å². The third-order valence-corrected chi connectivity index (χ3v) is 27.9. The van der Waals surface area contributed by atoms with Gasteiger partial charge in [0.2, 0.25) is 0 Å². The number of carbonyl (C=O) groups is 4.